The number of urea groups is 1. The van der Waals surface area contributed by atoms with Crippen LogP contribution in [0.3, 0.4) is 0 Å². The molecule has 2 amide bonds. The smallest absolute Gasteiger partial charge is 0.338 e. The number of amides is 2. The number of nitrogens with two attached hydrogens (primary N) is 1. The maximum atomic E-state index is 10.5. The van der Waals surface area contributed by atoms with Crippen LogP contribution in [-0.2, 0) is 0 Å². The van der Waals surface area contributed by atoms with Crippen molar-refractivity contribution in [2.24, 2.45) is 11.7 Å². The number of hydroxylamine groups is 2. The van der Waals surface area contributed by atoms with Crippen molar-refractivity contribution in [2.45, 2.75) is 12.3 Å². The number of rotatable bonds is 3. The van der Waals surface area contributed by atoms with Crippen molar-refractivity contribution in [1.29, 1.82) is 0 Å². The molecule has 2 rings (SSSR count). The third kappa shape index (κ3) is 1.72. The minimum Gasteiger partial charge on any atom is -0.469 e. The van der Waals surface area contributed by atoms with Crippen LogP contribution in [0.25, 0.3) is 0 Å². The van der Waals surface area contributed by atoms with Gasteiger partial charge in [-0.05, 0) is 24.5 Å². The van der Waals surface area contributed by atoms with Crippen molar-refractivity contribution < 1.29 is 14.4 Å². The first-order chi connectivity index (χ1) is 6.68. The number of primary amides is 1. The number of nitrogens with zero attached hydrogens (tertiary/aromatic N) is 1. The van der Waals surface area contributed by atoms with Crippen LogP contribution in [0.4, 0.5) is 4.79 Å². The third-order valence-electron chi connectivity index (χ3n) is 2.49. The van der Waals surface area contributed by atoms with Crippen LogP contribution in [0.1, 0.15) is 18.1 Å². The van der Waals surface area contributed by atoms with Gasteiger partial charge in [-0.3, -0.25) is 5.21 Å². The van der Waals surface area contributed by atoms with Crippen LogP contribution in [0.15, 0.2) is 22.8 Å². The Morgan fingerprint density at radius 2 is 2.57 bits per heavy atom. The fourth-order valence-corrected chi connectivity index (χ4v) is 1.61. The molecule has 2 unspecified atom stereocenters. The number of hydrogen-bond donors (Lipinski definition) is 2. The van der Waals surface area contributed by atoms with Crippen molar-refractivity contribution in [2.75, 3.05) is 6.54 Å². The minimum atomic E-state index is -0.810. The summed E-state index contributed by atoms with van der Waals surface area (Å²) in [5.74, 6) is 1.49. The number of hydrogen-bond acceptors (Lipinski definition) is 3. The second kappa shape index (κ2) is 3.34. The molecular weight excluding hydrogens is 184 g/mol. The molecule has 0 spiro atoms. The van der Waals surface area contributed by atoms with Gasteiger partial charge in [-0.2, -0.15) is 0 Å². The molecule has 0 saturated heterocycles. The number of furan rings is 1. The molecule has 2 atom stereocenters. The fourth-order valence-electron chi connectivity index (χ4n) is 1.61. The first-order valence-electron chi connectivity index (χ1n) is 4.47. The Bertz CT molecular complexity index is 323. The van der Waals surface area contributed by atoms with Crippen LogP contribution in [0.2, 0.25) is 0 Å². The monoisotopic (exact) mass is 196 g/mol. The summed E-state index contributed by atoms with van der Waals surface area (Å²) in [4.78, 5) is 10.5. The van der Waals surface area contributed by atoms with E-state index in [4.69, 9.17) is 15.4 Å². The Kier molecular flexibility index (Phi) is 2.17. The highest BCUT2D eigenvalue weighted by Crippen LogP contribution is 2.47. The lowest BCUT2D eigenvalue weighted by Gasteiger charge is -2.10. The summed E-state index contributed by atoms with van der Waals surface area (Å²) in [6, 6.07) is 2.92. The van der Waals surface area contributed by atoms with Gasteiger partial charge in [0.2, 0.25) is 0 Å². The van der Waals surface area contributed by atoms with E-state index in [1.54, 1.807) is 6.26 Å². The molecule has 5 nitrogen and oxygen atoms in total. The van der Waals surface area contributed by atoms with E-state index < -0.39 is 6.03 Å². The van der Waals surface area contributed by atoms with Gasteiger partial charge in [-0.25, -0.2) is 9.86 Å². The highest BCUT2D eigenvalue weighted by Gasteiger charge is 2.41. The zero-order chi connectivity index (χ0) is 10.1. The van der Waals surface area contributed by atoms with Gasteiger partial charge < -0.3 is 10.2 Å². The largest absolute Gasteiger partial charge is 0.469 e. The zero-order valence-corrected chi connectivity index (χ0v) is 7.59. The van der Waals surface area contributed by atoms with Crippen LogP contribution in [0.5, 0.6) is 0 Å². The Labute approximate surface area is 81.1 Å². The van der Waals surface area contributed by atoms with Crippen LogP contribution in [0, 0.1) is 5.92 Å². The molecule has 1 saturated carbocycles. The lowest BCUT2D eigenvalue weighted by Crippen LogP contribution is -2.34. The topological polar surface area (TPSA) is 79.7 Å². The van der Waals surface area contributed by atoms with Gasteiger partial charge >= 0.3 is 6.03 Å². The van der Waals surface area contributed by atoms with Crippen molar-refractivity contribution in [3.63, 3.8) is 0 Å². The summed E-state index contributed by atoms with van der Waals surface area (Å²) in [6.07, 6.45) is 2.55. The Morgan fingerprint density at radius 1 is 1.79 bits per heavy atom. The molecule has 14 heavy (non-hydrogen) atoms. The Balaban J connectivity index is 1.85. The fraction of sp³-hybridized carbons (Fsp3) is 0.444. The molecule has 1 aromatic rings. The first-order valence-corrected chi connectivity index (χ1v) is 4.47. The van der Waals surface area contributed by atoms with Crippen molar-refractivity contribution >= 4 is 6.03 Å². The van der Waals surface area contributed by atoms with E-state index in [-0.39, 0.29) is 12.5 Å². The van der Waals surface area contributed by atoms with Crippen molar-refractivity contribution in [1.82, 2.24) is 5.06 Å². The lowest BCUT2D eigenvalue weighted by atomic mass is 10.2. The Hall–Kier alpha value is -1.49. The van der Waals surface area contributed by atoms with E-state index in [9.17, 15) is 4.79 Å². The summed E-state index contributed by atoms with van der Waals surface area (Å²) < 4.78 is 5.21. The van der Waals surface area contributed by atoms with Gasteiger partial charge in [0, 0.05) is 5.92 Å². The van der Waals surface area contributed by atoms with Gasteiger partial charge in [0.25, 0.3) is 0 Å². The molecule has 0 radical (unpaired) electrons. The molecule has 0 aromatic carbocycles. The summed E-state index contributed by atoms with van der Waals surface area (Å²) >= 11 is 0. The highest BCUT2D eigenvalue weighted by molar-refractivity contribution is 5.70. The molecular formula is C9H12N2O3. The Morgan fingerprint density at radius 3 is 3.14 bits per heavy atom. The summed E-state index contributed by atoms with van der Waals surface area (Å²) in [7, 11) is 0. The molecule has 1 aliphatic rings. The maximum absolute atomic E-state index is 10.5. The summed E-state index contributed by atoms with van der Waals surface area (Å²) in [6.45, 7) is 0.278. The molecule has 76 valence electrons. The molecule has 0 aliphatic heterocycles. The van der Waals surface area contributed by atoms with Crippen LogP contribution < -0.4 is 5.73 Å². The van der Waals surface area contributed by atoms with E-state index in [0.717, 1.165) is 12.2 Å². The number of carbonyl (C=O) groups is 1. The molecule has 1 aliphatic carbocycles. The summed E-state index contributed by atoms with van der Waals surface area (Å²) in [5.41, 5.74) is 4.89. The average Bonchev–Trinajstić information content (AvgIpc) is 2.70. The van der Waals surface area contributed by atoms with E-state index >= 15 is 0 Å². The number of carbonyl (C=O) groups excluding carboxylic acids is 1. The molecule has 1 fully saturated rings. The van der Waals surface area contributed by atoms with Gasteiger partial charge in [-0.15, -0.1) is 0 Å². The second-order valence-corrected chi connectivity index (χ2v) is 3.54. The molecule has 1 heterocycles. The van der Waals surface area contributed by atoms with Gasteiger partial charge in [0.1, 0.15) is 5.76 Å². The minimum absolute atomic E-state index is 0.263. The van der Waals surface area contributed by atoms with Gasteiger partial charge in [0.15, 0.2) is 0 Å². The van der Waals surface area contributed by atoms with E-state index in [2.05, 4.69) is 0 Å². The maximum Gasteiger partial charge on any atom is 0.338 e. The van der Waals surface area contributed by atoms with Crippen molar-refractivity contribution in [3.8, 4) is 0 Å². The van der Waals surface area contributed by atoms with Gasteiger partial charge in [0.05, 0.1) is 12.8 Å². The zero-order valence-electron chi connectivity index (χ0n) is 7.59. The molecule has 3 N–H and O–H groups in total. The predicted octanol–water partition coefficient (Wildman–Crippen LogP) is 1.15. The molecule has 0 bridgehead atoms. The van der Waals surface area contributed by atoms with E-state index in [0.29, 0.717) is 11.0 Å². The highest BCUT2D eigenvalue weighted by atomic mass is 16.5. The van der Waals surface area contributed by atoms with Crippen molar-refractivity contribution in [3.05, 3.63) is 24.2 Å². The lowest BCUT2D eigenvalue weighted by molar-refractivity contribution is -0.0433. The van der Waals surface area contributed by atoms with Crippen LogP contribution in [-0.4, -0.2) is 22.8 Å². The first kappa shape index (κ1) is 9.08. The SMILES string of the molecule is NC(=O)N(O)CC1CC1c1ccco1. The third-order valence-corrected chi connectivity index (χ3v) is 2.49. The quantitative estimate of drug-likeness (QED) is 0.562. The van der Waals surface area contributed by atoms with E-state index in [1.807, 2.05) is 12.1 Å². The average molecular weight is 196 g/mol. The summed E-state index contributed by atoms with van der Waals surface area (Å²) in [5, 5.41) is 9.63. The predicted molar refractivity (Wildman–Crippen MR) is 47.6 cm³/mol. The standard InChI is InChI=1S/C9H12N2O3/c10-9(12)11(13)5-6-4-7(6)8-2-1-3-14-8/h1-3,6-7,13H,4-5H2,(H2,10,12). The second-order valence-electron chi connectivity index (χ2n) is 3.54. The molecule has 5 heteroatoms. The molecule has 1 aromatic heterocycles. The normalized spacial score (nSPS) is 24.6. The van der Waals surface area contributed by atoms with Crippen LogP contribution >= 0.6 is 0 Å². The van der Waals surface area contributed by atoms with E-state index in [1.165, 1.54) is 0 Å². The van der Waals surface area contributed by atoms with Gasteiger partial charge in [-0.1, -0.05) is 0 Å².